The third kappa shape index (κ3) is 5.30. The number of hydrogen-bond donors (Lipinski definition) is 1. The summed E-state index contributed by atoms with van der Waals surface area (Å²) in [7, 11) is 1.54. The molecule has 0 aliphatic rings. The number of rotatable bonds is 9. The van der Waals surface area contributed by atoms with Gasteiger partial charge in [-0.2, -0.15) is 0 Å². The lowest BCUT2D eigenvalue weighted by atomic mass is 10.1. The van der Waals surface area contributed by atoms with E-state index in [4.69, 9.17) is 18.6 Å². The molecule has 0 bridgehead atoms. The van der Waals surface area contributed by atoms with Gasteiger partial charge < -0.3 is 23.9 Å². The number of benzene rings is 2. The number of anilines is 1. The summed E-state index contributed by atoms with van der Waals surface area (Å²) in [5.74, 6) is -0.420. The number of methoxy groups -OCH3 is 1. The number of nitro groups is 1. The van der Waals surface area contributed by atoms with Crippen LogP contribution in [0.4, 0.5) is 11.4 Å². The van der Waals surface area contributed by atoms with Gasteiger partial charge in [-0.3, -0.25) is 19.7 Å². The molecule has 1 amide bonds. The number of nitrogens with one attached hydrogen (secondary N) is 1. The number of amides is 1. The van der Waals surface area contributed by atoms with E-state index >= 15 is 0 Å². The Hall–Kier alpha value is -4.08. The van der Waals surface area contributed by atoms with Gasteiger partial charge in [0.1, 0.15) is 22.8 Å². The molecule has 0 atom stereocenters. The second-order valence-electron chi connectivity index (χ2n) is 6.38. The second kappa shape index (κ2) is 9.61. The zero-order valence-electron chi connectivity index (χ0n) is 16.9. The number of carbonyl (C=O) groups is 2. The molecule has 0 unspecified atom stereocenters. The molecule has 0 saturated carbocycles. The molecule has 162 valence electrons. The van der Waals surface area contributed by atoms with E-state index in [0.717, 1.165) is 5.39 Å². The van der Waals surface area contributed by atoms with Gasteiger partial charge in [0.05, 0.1) is 37.4 Å². The first kappa shape index (κ1) is 21.6. The van der Waals surface area contributed by atoms with Crippen LogP contribution in [-0.2, 0) is 20.7 Å². The number of hydrogen-bond acceptors (Lipinski definition) is 8. The van der Waals surface area contributed by atoms with Gasteiger partial charge >= 0.3 is 5.97 Å². The van der Waals surface area contributed by atoms with Crippen molar-refractivity contribution in [3.8, 4) is 11.5 Å². The molecule has 0 spiro atoms. The van der Waals surface area contributed by atoms with E-state index in [1.165, 1.54) is 31.6 Å². The predicted octanol–water partition coefficient (Wildman–Crippen LogP) is 3.47. The second-order valence-corrected chi connectivity index (χ2v) is 6.38. The number of ether oxygens (including phenoxy) is 3. The van der Waals surface area contributed by atoms with Crippen LogP contribution in [0.3, 0.4) is 0 Å². The zero-order valence-corrected chi connectivity index (χ0v) is 16.9. The van der Waals surface area contributed by atoms with Crippen molar-refractivity contribution < 1.29 is 33.1 Å². The highest BCUT2D eigenvalue weighted by molar-refractivity contribution is 5.95. The van der Waals surface area contributed by atoms with E-state index in [2.05, 4.69) is 5.32 Å². The van der Waals surface area contributed by atoms with Gasteiger partial charge in [0.2, 0.25) is 0 Å². The molecular formula is C21H20N2O8. The number of nitrogens with zero attached hydrogens (tertiary/aromatic N) is 1. The van der Waals surface area contributed by atoms with Crippen LogP contribution in [0.15, 0.2) is 47.1 Å². The first-order chi connectivity index (χ1) is 14.9. The Morgan fingerprint density at radius 1 is 1.16 bits per heavy atom. The summed E-state index contributed by atoms with van der Waals surface area (Å²) >= 11 is 0. The Bertz CT molecular complexity index is 1120. The van der Waals surface area contributed by atoms with Gasteiger partial charge in [0, 0.05) is 17.0 Å². The van der Waals surface area contributed by atoms with Gasteiger partial charge in [0.25, 0.3) is 11.6 Å². The average Bonchev–Trinajstić information content (AvgIpc) is 3.15. The molecular weight excluding hydrogens is 408 g/mol. The third-order valence-electron chi connectivity index (χ3n) is 4.31. The van der Waals surface area contributed by atoms with Crippen LogP contribution in [0, 0.1) is 10.1 Å². The van der Waals surface area contributed by atoms with E-state index in [0.29, 0.717) is 29.3 Å². The fourth-order valence-electron chi connectivity index (χ4n) is 2.89. The fraction of sp³-hybridized carbons (Fsp3) is 0.238. The highest BCUT2D eigenvalue weighted by atomic mass is 16.6. The molecule has 1 aromatic heterocycles. The van der Waals surface area contributed by atoms with Crippen LogP contribution in [0.5, 0.6) is 11.5 Å². The number of furan rings is 1. The van der Waals surface area contributed by atoms with E-state index in [1.54, 1.807) is 25.1 Å². The summed E-state index contributed by atoms with van der Waals surface area (Å²) in [5.41, 5.74) is 0.808. The molecule has 3 aromatic rings. The van der Waals surface area contributed by atoms with Crippen LogP contribution in [0.2, 0.25) is 0 Å². The molecule has 31 heavy (non-hydrogen) atoms. The maximum atomic E-state index is 12.1. The summed E-state index contributed by atoms with van der Waals surface area (Å²) in [6.45, 7) is 1.50. The first-order valence-electron chi connectivity index (χ1n) is 9.32. The number of fused-ring (bicyclic) bond motifs is 1. The summed E-state index contributed by atoms with van der Waals surface area (Å²) in [4.78, 5) is 34.9. The summed E-state index contributed by atoms with van der Waals surface area (Å²) < 4.78 is 20.8. The van der Waals surface area contributed by atoms with E-state index in [9.17, 15) is 19.7 Å². The monoisotopic (exact) mass is 428 g/mol. The Morgan fingerprint density at radius 2 is 1.94 bits per heavy atom. The lowest BCUT2D eigenvalue weighted by molar-refractivity contribution is -0.384. The minimum atomic E-state index is -0.706. The van der Waals surface area contributed by atoms with Crippen LogP contribution in [0.25, 0.3) is 11.0 Å². The van der Waals surface area contributed by atoms with Crippen molar-refractivity contribution in [3.63, 3.8) is 0 Å². The molecule has 1 heterocycles. The molecule has 3 rings (SSSR count). The Labute approximate surface area is 176 Å². The fourth-order valence-corrected chi connectivity index (χ4v) is 2.89. The molecule has 2 aromatic carbocycles. The third-order valence-corrected chi connectivity index (χ3v) is 4.31. The highest BCUT2D eigenvalue weighted by Gasteiger charge is 2.19. The predicted molar refractivity (Wildman–Crippen MR) is 110 cm³/mol. The quantitative estimate of drug-likeness (QED) is 0.311. The maximum absolute atomic E-state index is 12.1. The van der Waals surface area contributed by atoms with Crippen molar-refractivity contribution >= 4 is 34.2 Å². The van der Waals surface area contributed by atoms with Crippen molar-refractivity contribution in [2.24, 2.45) is 0 Å². The van der Waals surface area contributed by atoms with E-state index < -0.39 is 23.4 Å². The zero-order chi connectivity index (χ0) is 22.4. The Kier molecular flexibility index (Phi) is 6.71. The Balaban J connectivity index is 1.58. The summed E-state index contributed by atoms with van der Waals surface area (Å²) in [6, 6.07) is 9.26. The largest absolute Gasteiger partial charge is 0.497 e. The van der Waals surface area contributed by atoms with Crippen LogP contribution in [-0.4, -0.2) is 37.1 Å². The van der Waals surface area contributed by atoms with E-state index in [1.807, 2.05) is 0 Å². The molecule has 1 N–H and O–H groups in total. The van der Waals surface area contributed by atoms with Crippen molar-refractivity contribution in [3.05, 3.63) is 58.3 Å². The first-order valence-corrected chi connectivity index (χ1v) is 9.32. The number of nitro benzene ring substituents is 1. The number of esters is 1. The van der Waals surface area contributed by atoms with Gasteiger partial charge in [-0.05, 0) is 31.2 Å². The lowest BCUT2D eigenvalue weighted by Gasteiger charge is -2.09. The van der Waals surface area contributed by atoms with Crippen LogP contribution >= 0.6 is 0 Å². The van der Waals surface area contributed by atoms with Gasteiger partial charge in [-0.15, -0.1) is 0 Å². The van der Waals surface area contributed by atoms with Crippen LogP contribution < -0.4 is 14.8 Å². The highest BCUT2D eigenvalue weighted by Crippen LogP contribution is 2.29. The summed E-state index contributed by atoms with van der Waals surface area (Å²) in [6.07, 6.45) is 1.34. The van der Waals surface area contributed by atoms with Crippen LogP contribution in [0.1, 0.15) is 12.5 Å². The minimum absolute atomic E-state index is 0.0238. The molecule has 0 radical (unpaired) electrons. The lowest BCUT2D eigenvalue weighted by Crippen LogP contribution is -2.22. The normalized spacial score (nSPS) is 10.5. The van der Waals surface area contributed by atoms with Gasteiger partial charge in [-0.1, -0.05) is 0 Å². The average molecular weight is 428 g/mol. The SMILES string of the molecule is CCOc1ccc(NC(=O)COC(=O)Cc2coc3cc(OC)ccc23)c([N+](=O)[O-])c1. The van der Waals surface area contributed by atoms with Gasteiger partial charge in [-0.25, -0.2) is 0 Å². The van der Waals surface area contributed by atoms with Crippen molar-refractivity contribution in [1.82, 2.24) is 0 Å². The minimum Gasteiger partial charge on any atom is -0.497 e. The molecule has 0 fully saturated rings. The summed E-state index contributed by atoms with van der Waals surface area (Å²) in [5, 5.41) is 14.3. The molecule has 10 heteroatoms. The molecule has 0 aliphatic carbocycles. The van der Waals surface area contributed by atoms with Crippen molar-refractivity contribution in [1.29, 1.82) is 0 Å². The van der Waals surface area contributed by atoms with Crippen molar-refractivity contribution in [2.45, 2.75) is 13.3 Å². The topological polar surface area (TPSA) is 130 Å². The molecule has 10 nitrogen and oxygen atoms in total. The maximum Gasteiger partial charge on any atom is 0.310 e. The molecule has 0 aliphatic heterocycles. The number of carbonyl (C=O) groups excluding carboxylic acids is 2. The van der Waals surface area contributed by atoms with E-state index in [-0.39, 0.29) is 17.8 Å². The van der Waals surface area contributed by atoms with Crippen molar-refractivity contribution in [2.75, 3.05) is 25.6 Å². The van der Waals surface area contributed by atoms with Gasteiger partial charge in [0.15, 0.2) is 6.61 Å². The molecule has 0 saturated heterocycles. The standard InChI is InChI=1S/C21H20N2O8/c1-3-29-15-5-7-17(18(9-15)23(26)27)22-20(24)12-31-21(25)8-13-11-30-19-10-14(28-2)4-6-16(13)19/h4-7,9-11H,3,8,12H2,1-2H3,(H,22,24). The Morgan fingerprint density at radius 3 is 2.65 bits per heavy atom. The smallest absolute Gasteiger partial charge is 0.310 e.